The van der Waals surface area contributed by atoms with Gasteiger partial charge in [-0.1, -0.05) is 18.2 Å². The quantitative estimate of drug-likeness (QED) is 0.854. The topological polar surface area (TPSA) is 44.4 Å². The number of fused-ring (bicyclic) bond motifs is 1. The van der Waals surface area contributed by atoms with Crippen molar-refractivity contribution in [3.05, 3.63) is 29.3 Å². The maximum Gasteiger partial charge on any atom is 0.220 e. The van der Waals surface area contributed by atoms with E-state index in [0.29, 0.717) is 6.42 Å². The smallest absolute Gasteiger partial charge is 0.220 e. The lowest BCUT2D eigenvalue weighted by Gasteiger charge is -2.22. The number of carbonyl (C=O) groups excluding carboxylic acids is 1. The molecule has 3 heterocycles. The molecule has 1 atom stereocenters. The largest absolute Gasteiger partial charge is 0.384 e. The molecule has 4 rings (SSSR count). The molecular formula is C16H21N3O. The maximum atomic E-state index is 11.5. The van der Waals surface area contributed by atoms with Gasteiger partial charge < -0.3 is 10.6 Å². The lowest BCUT2D eigenvalue weighted by molar-refractivity contribution is -0.119. The predicted molar refractivity (Wildman–Crippen MR) is 78.6 cm³/mol. The van der Waals surface area contributed by atoms with Gasteiger partial charge in [0.05, 0.1) is 0 Å². The predicted octanol–water partition coefficient (Wildman–Crippen LogP) is 1.37. The number of amides is 1. The van der Waals surface area contributed by atoms with Crippen LogP contribution in [-0.4, -0.2) is 37.0 Å². The highest BCUT2D eigenvalue weighted by atomic mass is 16.1. The summed E-state index contributed by atoms with van der Waals surface area (Å²) < 4.78 is 0. The minimum absolute atomic E-state index is 0.211. The van der Waals surface area contributed by atoms with Crippen molar-refractivity contribution in [1.29, 1.82) is 0 Å². The molecule has 3 aliphatic rings. The van der Waals surface area contributed by atoms with Crippen molar-refractivity contribution in [2.24, 2.45) is 5.41 Å². The first-order valence-corrected chi connectivity index (χ1v) is 7.58. The standard InChI is InChI=1S/C16H21N3O/c20-14-8-16(10-18-14)5-7-19(11-16)9-13-3-1-2-12-4-6-17-15(12)13/h1-3,17H,4-11H2,(H,18,20). The van der Waals surface area contributed by atoms with Gasteiger partial charge in [0, 0.05) is 43.7 Å². The summed E-state index contributed by atoms with van der Waals surface area (Å²) in [4.78, 5) is 14.0. The molecule has 0 bridgehead atoms. The van der Waals surface area contributed by atoms with Crippen LogP contribution in [-0.2, 0) is 17.8 Å². The first-order chi connectivity index (χ1) is 9.74. The molecule has 0 saturated carbocycles. The minimum atomic E-state index is 0.211. The summed E-state index contributed by atoms with van der Waals surface area (Å²) in [6.07, 6.45) is 3.01. The van der Waals surface area contributed by atoms with Crippen molar-refractivity contribution in [2.45, 2.75) is 25.8 Å². The highest BCUT2D eigenvalue weighted by Gasteiger charge is 2.43. The Labute approximate surface area is 119 Å². The van der Waals surface area contributed by atoms with Crippen LogP contribution in [0.3, 0.4) is 0 Å². The Morgan fingerprint density at radius 2 is 2.25 bits per heavy atom. The van der Waals surface area contributed by atoms with Crippen molar-refractivity contribution >= 4 is 11.6 Å². The fourth-order valence-corrected chi connectivity index (χ4v) is 3.99. The Hall–Kier alpha value is -1.55. The Balaban J connectivity index is 1.49. The summed E-state index contributed by atoms with van der Waals surface area (Å²) >= 11 is 0. The number of carbonyl (C=O) groups is 1. The van der Waals surface area contributed by atoms with Gasteiger partial charge in [0.15, 0.2) is 0 Å². The average Bonchev–Trinajstić information content (AvgIpc) is 3.12. The molecule has 0 aromatic heterocycles. The van der Waals surface area contributed by atoms with Gasteiger partial charge in [-0.05, 0) is 30.5 Å². The highest BCUT2D eigenvalue weighted by Crippen LogP contribution is 2.38. The van der Waals surface area contributed by atoms with Crippen LogP contribution in [0.1, 0.15) is 24.0 Å². The van der Waals surface area contributed by atoms with E-state index >= 15 is 0 Å². The molecule has 106 valence electrons. The molecule has 3 aliphatic heterocycles. The number of hydrogen-bond acceptors (Lipinski definition) is 3. The van der Waals surface area contributed by atoms with Crippen molar-refractivity contribution in [3.8, 4) is 0 Å². The van der Waals surface area contributed by atoms with Crippen LogP contribution >= 0.6 is 0 Å². The van der Waals surface area contributed by atoms with E-state index in [0.717, 1.165) is 45.6 Å². The number of nitrogens with zero attached hydrogens (tertiary/aromatic N) is 1. The van der Waals surface area contributed by atoms with Gasteiger partial charge >= 0.3 is 0 Å². The van der Waals surface area contributed by atoms with E-state index in [-0.39, 0.29) is 11.3 Å². The highest BCUT2D eigenvalue weighted by molar-refractivity contribution is 5.79. The molecule has 2 saturated heterocycles. The molecule has 4 nitrogen and oxygen atoms in total. The first kappa shape index (κ1) is 12.2. The minimum Gasteiger partial charge on any atom is -0.384 e. The van der Waals surface area contributed by atoms with E-state index < -0.39 is 0 Å². The lowest BCUT2D eigenvalue weighted by Crippen LogP contribution is -2.29. The van der Waals surface area contributed by atoms with Gasteiger partial charge in [0.1, 0.15) is 0 Å². The van der Waals surface area contributed by atoms with Crippen molar-refractivity contribution in [2.75, 3.05) is 31.5 Å². The molecule has 1 spiro atoms. The summed E-state index contributed by atoms with van der Waals surface area (Å²) in [7, 11) is 0. The van der Waals surface area contributed by atoms with Crippen LogP contribution in [0.25, 0.3) is 0 Å². The van der Waals surface area contributed by atoms with Gasteiger partial charge in [-0.15, -0.1) is 0 Å². The molecule has 20 heavy (non-hydrogen) atoms. The molecule has 1 aromatic rings. The molecule has 0 aliphatic carbocycles. The Kier molecular flexibility index (Phi) is 2.74. The second kappa shape index (κ2) is 4.48. The molecule has 2 N–H and O–H groups in total. The van der Waals surface area contributed by atoms with Gasteiger partial charge in [0.25, 0.3) is 0 Å². The monoisotopic (exact) mass is 271 g/mol. The van der Waals surface area contributed by atoms with Crippen LogP contribution in [0.5, 0.6) is 0 Å². The first-order valence-electron chi connectivity index (χ1n) is 7.58. The van der Waals surface area contributed by atoms with Crippen LogP contribution in [0.2, 0.25) is 0 Å². The summed E-state index contributed by atoms with van der Waals surface area (Å²) in [6.45, 7) is 5.10. The van der Waals surface area contributed by atoms with Gasteiger partial charge in [0.2, 0.25) is 5.91 Å². The van der Waals surface area contributed by atoms with Crippen molar-refractivity contribution in [1.82, 2.24) is 10.2 Å². The summed E-state index contributed by atoms with van der Waals surface area (Å²) in [5.41, 5.74) is 4.43. The SMILES string of the molecule is O=C1CC2(CCN(Cc3cccc4c3NCC4)C2)CN1. The van der Waals surface area contributed by atoms with E-state index in [2.05, 4.69) is 33.7 Å². The van der Waals surface area contributed by atoms with Gasteiger partial charge in [-0.3, -0.25) is 9.69 Å². The molecule has 1 aromatic carbocycles. The van der Waals surface area contributed by atoms with E-state index in [1.807, 2.05) is 0 Å². The number of anilines is 1. The van der Waals surface area contributed by atoms with Crippen molar-refractivity contribution in [3.63, 3.8) is 0 Å². The maximum absolute atomic E-state index is 11.5. The van der Waals surface area contributed by atoms with Gasteiger partial charge in [-0.25, -0.2) is 0 Å². The third-order valence-corrected chi connectivity index (χ3v) is 5.04. The summed E-state index contributed by atoms with van der Waals surface area (Å²) in [5, 5.41) is 6.52. The third kappa shape index (κ3) is 1.99. The number of rotatable bonds is 2. The zero-order valence-electron chi connectivity index (χ0n) is 11.7. The van der Waals surface area contributed by atoms with Crippen LogP contribution in [0, 0.1) is 5.41 Å². The summed E-state index contributed by atoms with van der Waals surface area (Å²) in [5.74, 6) is 0.231. The van der Waals surface area contributed by atoms with Crippen molar-refractivity contribution < 1.29 is 4.79 Å². The normalized spacial score (nSPS) is 28.7. The van der Waals surface area contributed by atoms with E-state index in [9.17, 15) is 4.79 Å². The zero-order chi connectivity index (χ0) is 13.6. The Morgan fingerprint density at radius 3 is 3.10 bits per heavy atom. The fraction of sp³-hybridized carbons (Fsp3) is 0.562. The van der Waals surface area contributed by atoms with E-state index in [1.54, 1.807) is 0 Å². The fourth-order valence-electron chi connectivity index (χ4n) is 3.99. The number of para-hydroxylation sites is 1. The van der Waals surface area contributed by atoms with Crippen LogP contribution in [0.15, 0.2) is 18.2 Å². The molecule has 4 heteroatoms. The number of likely N-dealkylation sites (tertiary alicyclic amines) is 1. The molecule has 1 unspecified atom stereocenters. The van der Waals surface area contributed by atoms with Crippen LogP contribution < -0.4 is 10.6 Å². The Morgan fingerprint density at radius 1 is 1.30 bits per heavy atom. The van der Waals surface area contributed by atoms with E-state index in [1.165, 1.54) is 16.8 Å². The molecule has 2 fully saturated rings. The zero-order valence-corrected chi connectivity index (χ0v) is 11.7. The number of benzene rings is 1. The summed E-state index contributed by atoms with van der Waals surface area (Å²) in [6, 6.07) is 6.64. The lowest BCUT2D eigenvalue weighted by atomic mass is 9.86. The second-order valence-corrected chi connectivity index (χ2v) is 6.54. The number of nitrogens with one attached hydrogen (secondary N) is 2. The Bertz CT molecular complexity index is 557. The third-order valence-electron chi connectivity index (χ3n) is 5.04. The molecular weight excluding hydrogens is 250 g/mol. The average molecular weight is 271 g/mol. The second-order valence-electron chi connectivity index (χ2n) is 6.54. The molecule has 0 radical (unpaired) electrons. The molecule has 1 amide bonds. The van der Waals surface area contributed by atoms with E-state index in [4.69, 9.17) is 0 Å². The van der Waals surface area contributed by atoms with Crippen LogP contribution in [0.4, 0.5) is 5.69 Å². The van der Waals surface area contributed by atoms with Gasteiger partial charge in [-0.2, -0.15) is 0 Å². The number of hydrogen-bond donors (Lipinski definition) is 2.